The zero-order chi connectivity index (χ0) is 19.2. The van der Waals surface area contributed by atoms with E-state index in [1.54, 1.807) is 18.2 Å². The Balaban J connectivity index is 1.70. The van der Waals surface area contributed by atoms with E-state index in [9.17, 15) is 4.79 Å². The maximum atomic E-state index is 12.4. The van der Waals surface area contributed by atoms with Crippen molar-refractivity contribution in [3.63, 3.8) is 0 Å². The summed E-state index contributed by atoms with van der Waals surface area (Å²) in [6, 6.07) is 20.5. The van der Waals surface area contributed by atoms with Crippen molar-refractivity contribution >= 4 is 46.7 Å². The molecule has 2 nitrogen and oxygen atoms in total. The van der Waals surface area contributed by atoms with Gasteiger partial charge in [0.2, 0.25) is 0 Å². The van der Waals surface area contributed by atoms with Crippen LogP contribution < -0.4 is 4.74 Å². The van der Waals surface area contributed by atoms with Gasteiger partial charge in [0, 0.05) is 5.56 Å². The number of rotatable bonds is 6. The highest BCUT2D eigenvalue weighted by Crippen LogP contribution is 2.33. The summed E-state index contributed by atoms with van der Waals surface area (Å²) in [6.45, 7) is 0.478. The molecule has 0 radical (unpaired) electrons. The molecule has 136 valence electrons. The molecule has 0 atom stereocenters. The van der Waals surface area contributed by atoms with E-state index in [0.717, 1.165) is 16.9 Å². The third-order valence-corrected chi connectivity index (χ3v) is 5.13. The van der Waals surface area contributed by atoms with E-state index >= 15 is 0 Å². The minimum Gasteiger partial charge on any atom is -0.489 e. The maximum absolute atomic E-state index is 12.4. The van der Waals surface area contributed by atoms with E-state index in [2.05, 4.69) is 0 Å². The lowest BCUT2D eigenvalue weighted by Crippen LogP contribution is -1.96. The van der Waals surface area contributed by atoms with E-state index in [1.165, 1.54) is 6.08 Å². The zero-order valence-corrected chi connectivity index (χ0v) is 16.4. The number of hydrogen-bond donors (Lipinski definition) is 0. The fourth-order valence-corrected chi connectivity index (χ4v) is 3.06. The minimum atomic E-state index is -0.255. The van der Waals surface area contributed by atoms with Gasteiger partial charge in [-0.05, 0) is 41.5 Å². The molecule has 0 unspecified atom stereocenters. The summed E-state index contributed by atoms with van der Waals surface area (Å²) in [5, 5.41) is 0.637. The van der Waals surface area contributed by atoms with Gasteiger partial charge >= 0.3 is 0 Å². The van der Waals surface area contributed by atoms with Gasteiger partial charge < -0.3 is 4.74 Å². The Bertz CT molecular complexity index is 982. The van der Waals surface area contributed by atoms with Crippen molar-refractivity contribution in [1.29, 1.82) is 0 Å². The van der Waals surface area contributed by atoms with Crippen molar-refractivity contribution in [2.45, 2.75) is 6.61 Å². The summed E-state index contributed by atoms with van der Waals surface area (Å²) in [4.78, 5) is 12.4. The number of ether oxygens (including phenoxy) is 1. The summed E-state index contributed by atoms with van der Waals surface area (Å²) in [5.41, 5.74) is 2.23. The quantitative estimate of drug-likeness (QED) is 0.242. The molecular weight excluding hydrogens is 403 g/mol. The number of ketones is 1. The second-order valence-electron chi connectivity index (χ2n) is 5.77. The molecule has 0 aliphatic heterocycles. The molecule has 3 aromatic carbocycles. The van der Waals surface area contributed by atoms with Gasteiger partial charge in [-0.2, -0.15) is 0 Å². The van der Waals surface area contributed by atoms with E-state index in [-0.39, 0.29) is 15.8 Å². The van der Waals surface area contributed by atoms with Crippen LogP contribution in [0.5, 0.6) is 5.75 Å². The Hall–Kier alpha value is -2.26. The van der Waals surface area contributed by atoms with Crippen LogP contribution in [0.3, 0.4) is 0 Å². The fourth-order valence-electron chi connectivity index (χ4n) is 2.43. The number of carbonyl (C=O) groups is 1. The summed E-state index contributed by atoms with van der Waals surface area (Å²) < 4.78 is 5.80. The normalized spacial score (nSPS) is 10.9. The molecule has 0 fully saturated rings. The molecule has 5 heteroatoms. The van der Waals surface area contributed by atoms with Crippen molar-refractivity contribution < 1.29 is 9.53 Å². The average molecular weight is 418 g/mol. The lowest BCUT2D eigenvalue weighted by Gasteiger charge is -2.07. The number of carbonyl (C=O) groups excluding carboxylic acids is 1. The Morgan fingerprint density at radius 2 is 1.67 bits per heavy atom. The molecule has 0 aliphatic rings. The number of benzene rings is 3. The van der Waals surface area contributed by atoms with Gasteiger partial charge in [0.15, 0.2) is 5.78 Å². The van der Waals surface area contributed by atoms with Crippen molar-refractivity contribution in [2.24, 2.45) is 0 Å². The SMILES string of the molecule is O=C(C=Cc1cccc(OCc2ccccc2)c1)c1ccc(Cl)c(Cl)c1Cl. The Morgan fingerprint density at radius 3 is 2.44 bits per heavy atom. The monoisotopic (exact) mass is 416 g/mol. The molecule has 0 aromatic heterocycles. The van der Waals surface area contributed by atoms with Crippen molar-refractivity contribution in [3.05, 3.63) is 105 Å². The molecule has 0 amide bonds. The highest BCUT2D eigenvalue weighted by atomic mass is 35.5. The van der Waals surface area contributed by atoms with E-state index in [4.69, 9.17) is 39.5 Å². The third-order valence-electron chi connectivity index (χ3n) is 3.83. The van der Waals surface area contributed by atoms with Crippen molar-refractivity contribution in [3.8, 4) is 5.75 Å². The van der Waals surface area contributed by atoms with Crippen LogP contribution >= 0.6 is 34.8 Å². The smallest absolute Gasteiger partial charge is 0.187 e. The second-order valence-corrected chi connectivity index (χ2v) is 6.93. The second kappa shape index (κ2) is 9.09. The van der Waals surface area contributed by atoms with E-state index in [0.29, 0.717) is 17.2 Å². The largest absolute Gasteiger partial charge is 0.489 e. The number of allylic oxidation sites excluding steroid dienone is 1. The first-order valence-electron chi connectivity index (χ1n) is 8.17. The average Bonchev–Trinajstić information content (AvgIpc) is 2.70. The molecule has 3 aromatic rings. The summed E-state index contributed by atoms with van der Waals surface area (Å²) in [5.74, 6) is 0.468. The lowest BCUT2D eigenvalue weighted by molar-refractivity contribution is 0.104. The molecular formula is C22H15Cl3O2. The molecule has 0 aliphatic carbocycles. The number of hydrogen-bond acceptors (Lipinski definition) is 2. The van der Waals surface area contributed by atoms with Gasteiger partial charge in [-0.1, -0.05) is 83.3 Å². The van der Waals surface area contributed by atoms with Crippen LogP contribution in [0.15, 0.2) is 72.8 Å². The molecule has 3 rings (SSSR count). The molecule has 27 heavy (non-hydrogen) atoms. The third kappa shape index (κ3) is 5.14. The molecule has 0 heterocycles. The van der Waals surface area contributed by atoms with Crippen LogP contribution in [0, 0.1) is 0 Å². The molecule has 0 bridgehead atoms. The summed E-state index contributed by atoms with van der Waals surface area (Å²) in [7, 11) is 0. The van der Waals surface area contributed by atoms with Crippen LogP contribution in [0.1, 0.15) is 21.5 Å². The van der Waals surface area contributed by atoms with Crippen molar-refractivity contribution in [1.82, 2.24) is 0 Å². The van der Waals surface area contributed by atoms with Crippen LogP contribution in [0.2, 0.25) is 15.1 Å². The Morgan fingerprint density at radius 1 is 0.889 bits per heavy atom. The van der Waals surface area contributed by atoms with Gasteiger partial charge in [0.1, 0.15) is 12.4 Å². The van der Waals surface area contributed by atoms with Crippen LogP contribution in [0.4, 0.5) is 0 Å². The first-order chi connectivity index (χ1) is 13.0. The predicted octanol–water partition coefficient (Wildman–Crippen LogP) is 7.12. The maximum Gasteiger partial charge on any atom is 0.187 e. The summed E-state index contributed by atoms with van der Waals surface area (Å²) >= 11 is 18.0. The highest BCUT2D eigenvalue weighted by molar-refractivity contribution is 6.49. The van der Waals surface area contributed by atoms with Gasteiger partial charge in [-0.15, -0.1) is 0 Å². The molecule has 0 N–H and O–H groups in total. The Labute approximate surface area is 173 Å². The zero-order valence-electron chi connectivity index (χ0n) is 14.2. The van der Waals surface area contributed by atoms with Crippen LogP contribution in [0.25, 0.3) is 6.08 Å². The minimum absolute atomic E-state index is 0.152. The fraction of sp³-hybridized carbons (Fsp3) is 0.0455. The molecule has 0 saturated carbocycles. The Kier molecular flexibility index (Phi) is 6.57. The first kappa shape index (κ1) is 19.5. The van der Waals surface area contributed by atoms with Crippen molar-refractivity contribution in [2.75, 3.05) is 0 Å². The first-order valence-corrected chi connectivity index (χ1v) is 9.30. The highest BCUT2D eigenvalue weighted by Gasteiger charge is 2.13. The van der Waals surface area contributed by atoms with Gasteiger partial charge in [-0.3, -0.25) is 4.79 Å². The van der Waals surface area contributed by atoms with Gasteiger partial charge in [0.05, 0.1) is 15.1 Å². The van der Waals surface area contributed by atoms with Crippen LogP contribution in [-0.4, -0.2) is 5.78 Å². The molecule has 0 saturated heterocycles. The van der Waals surface area contributed by atoms with E-state index in [1.807, 2.05) is 54.6 Å². The standard InChI is InChI=1S/C22H15Cl3O2/c23-19-11-10-18(21(24)22(19)25)20(26)12-9-15-7-4-8-17(13-15)27-14-16-5-2-1-3-6-16/h1-13H,14H2. The molecule has 0 spiro atoms. The number of halogens is 3. The van der Waals surface area contributed by atoms with Crippen LogP contribution in [-0.2, 0) is 6.61 Å². The summed E-state index contributed by atoms with van der Waals surface area (Å²) in [6.07, 6.45) is 3.15. The van der Waals surface area contributed by atoms with E-state index < -0.39 is 0 Å². The van der Waals surface area contributed by atoms with Gasteiger partial charge in [0.25, 0.3) is 0 Å². The predicted molar refractivity (Wildman–Crippen MR) is 112 cm³/mol. The lowest BCUT2D eigenvalue weighted by atomic mass is 10.1. The topological polar surface area (TPSA) is 26.3 Å². The van der Waals surface area contributed by atoms with Gasteiger partial charge in [-0.25, -0.2) is 0 Å².